The van der Waals surface area contributed by atoms with Crippen LogP contribution in [0.3, 0.4) is 0 Å². The molecule has 4 heterocycles. The molecule has 4 aliphatic heterocycles. The van der Waals surface area contributed by atoms with Gasteiger partial charge in [-0.05, 0) is 31.9 Å². The average molecular weight is 332 g/mol. The second-order valence-electron chi connectivity index (χ2n) is 7.41. The number of fused-ring (bicyclic) bond motifs is 5. The van der Waals surface area contributed by atoms with E-state index in [0.29, 0.717) is 12.6 Å². The van der Waals surface area contributed by atoms with Crippen LogP contribution < -0.4 is 14.2 Å². The van der Waals surface area contributed by atoms with E-state index in [-0.39, 0.29) is 0 Å². The Morgan fingerprint density at radius 3 is 2.67 bits per heavy atom. The van der Waals surface area contributed by atoms with Crippen molar-refractivity contribution in [3.05, 3.63) is 17.7 Å². The first-order valence-corrected chi connectivity index (χ1v) is 9.12. The molecule has 0 N–H and O–H groups in total. The third kappa shape index (κ3) is 3.20. The van der Waals surface area contributed by atoms with Crippen LogP contribution in [0.25, 0.3) is 0 Å². The second kappa shape index (κ2) is 6.81. The fourth-order valence-corrected chi connectivity index (χ4v) is 4.37. The molecule has 5 nitrogen and oxygen atoms in total. The number of hydrogen-bond donors (Lipinski definition) is 0. The topological polar surface area (TPSA) is 34.2 Å². The van der Waals surface area contributed by atoms with Crippen LogP contribution in [-0.4, -0.2) is 62.8 Å². The van der Waals surface area contributed by atoms with Gasteiger partial charge in [0.1, 0.15) is 5.75 Å². The lowest BCUT2D eigenvalue weighted by atomic mass is 9.94. The second-order valence-corrected chi connectivity index (χ2v) is 7.41. The van der Waals surface area contributed by atoms with Gasteiger partial charge in [-0.2, -0.15) is 0 Å². The van der Waals surface area contributed by atoms with E-state index in [0.717, 1.165) is 42.7 Å². The molecular formula is C19H28N2O3. The summed E-state index contributed by atoms with van der Waals surface area (Å²) in [6.45, 7) is 5.94. The number of nitrogens with zero attached hydrogens (tertiary/aromatic N) is 2. The molecule has 2 bridgehead atoms. The maximum absolute atomic E-state index is 5.87. The Labute approximate surface area is 144 Å². The molecule has 4 aliphatic rings. The largest absolute Gasteiger partial charge is 0.496 e. The van der Waals surface area contributed by atoms with Gasteiger partial charge in [0.05, 0.1) is 20.3 Å². The van der Waals surface area contributed by atoms with Gasteiger partial charge in [0.2, 0.25) is 0 Å². The SMILES string of the molecule is COc1cc2c(cc1CN1C[C@@H]3CC[C@H]1CN(C)C3)OCCCO2. The van der Waals surface area contributed by atoms with Crippen molar-refractivity contribution in [3.8, 4) is 17.2 Å². The van der Waals surface area contributed by atoms with E-state index >= 15 is 0 Å². The summed E-state index contributed by atoms with van der Waals surface area (Å²) in [5.41, 5.74) is 1.21. The Bertz CT molecular complexity index is 592. The van der Waals surface area contributed by atoms with Gasteiger partial charge in [-0.3, -0.25) is 4.90 Å². The molecule has 5 heteroatoms. The molecule has 132 valence electrons. The Morgan fingerprint density at radius 2 is 1.88 bits per heavy atom. The fourth-order valence-electron chi connectivity index (χ4n) is 4.37. The first kappa shape index (κ1) is 16.0. The summed E-state index contributed by atoms with van der Waals surface area (Å²) in [5, 5.41) is 0. The minimum Gasteiger partial charge on any atom is -0.496 e. The van der Waals surface area contributed by atoms with Gasteiger partial charge in [-0.1, -0.05) is 0 Å². The monoisotopic (exact) mass is 332 g/mol. The summed E-state index contributed by atoms with van der Waals surface area (Å²) in [7, 11) is 3.99. The third-order valence-corrected chi connectivity index (χ3v) is 5.53. The normalized spacial score (nSPS) is 27.6. The summed E-state index contributed by atoms with van der Waals surface area (Å²) < 4.78 is 17.3. The number of hydrogen-bond acceptors (Lipinski definition) is 5. The summed E-state index contributed by atoms with van der Waals surface area (Å²) >= 11 is 0. The highest BCUT2D eigenvalue weighted by Crippen LogP contribution is 2.38. The third-order valence-electron chi connectivity index (χ3n) is 5.53. The number of benzene rings is 1. The molecule has 3 saturated heterocycles. The van der Waals surface area contributed by atoms with Gasteiger partial charge < -0.3 is 19.1 Å². The quantitative estimate of drug-likeness (QED) is 0.849. The van der Waals surface area contributed by atoms with Gasteiger partial charge >= 0.3 is 0 Å². The van der Waals surface area contributed by atoms with Crippen LogP contribution in [0.4, 0.5) is 0 Å². The van der Waals surface area contributed by atoms with E-state index in [1.54, 1.807) is 7.11 Å². The highest BCUT2D eigenvalue weighted by molar-refractivity contribution is 5.51. The van der Waals surface area contributed by atoms with E-state index in [1.165, 1.54) is 38.0 Å². The number of likely N-dealkylation sites (N-methyl/N-ethyl adjacent to an activating group) is 1. The predicted molar refractivity (Wildman–Crippen MR) is 93.0 cm³/mol. The first-order chi connectivity index (χ1) is 11.7. The van der Waals surface area contributed by atoms with Crippen molar-refractivity contribution in [3.63, 3.8) is 0 Å². The summed E-state index contributed by atoms with van der Waals surface area (Å²) in [4.78, 5) is 5.13. The van der Waals surface area contributed by atoms with Crippen molar-refractivity contribution in [2.45, 2.75) is 31.8 Å². The maximum Gasteiger partial charge on any atom is 0.164 e. The molecule has 0 spiro atoms. The molecule has 1 aromatic rings. The molecule has 0 aliphatic carbocycles. The summed E-state index contributed by atoms with van der Waals surface area (Å²) in [6, 6.07) is 4.77. The average Bonchev–Trinajstić information content (AvgIpc) is 2.96. The van der Waals surface area contributed by atoms with Crippen LogP contribution in [0, 0.1) is 5.92 Å². The Morgan fingerprint density at radius 1 is 1.08 bits per heavy atom. The zero-order valence-corrected chi connectivity index (χ0v) is 14.8. The van der Waals surface area contributed by atoms with Crippen molar-refractivity contribution in [1.82, 2.24) is 9.80 Å². The van der Waals surface area contributed by atoms with Crippen LogP contribution in [0.2, 0.25) is 0 Å². The van der Waals surface area contributed by atoms with Gasteiger partial charge in [0.15, 0.2) is 11.5 Å². The van der Waals surface area contributed by atoms with E-state index < -0.39 is 0 Å². The van der Waals surface area contributed by atoms with Crippen LogP contribution in [0.5, 0.6) is 17.2 Å². The molecule has 24 heavy (non-hydrogen) atoms. The number of rotatable bonds is 3. The fraction of sp³-hybridized carbons (Fsp3) is 0.684. The van der Waals surface area contributed by atoms with Crippen molar-refractivity contribution < 1.29 is 14.2 Å². The van der Waals surface area contributed by atoms with Gasteiger partial charge in [0.25, 0.3) is 0 Å². The molecule has 0 saturated carbocycles. The van der Waals surface area contributed by atoms with E-state index in [2.05, 4.69) is 22.9 Å². The number of piperidine rings is 1. The van der Waals surface area contributed by atoms with Crippen LogP contribution in [0.1, 0.15) is 24.8 Å². The molecule has 3 fully saturated rings. The van der Waals surface area contributed by atoms with E-state index in [9.17, 15) is 0 Å². The standard InChI is InChI=1S/C19H28N2O3/c1-20-10-14-4-5-16(13-20)21(11-14)12-15-8-18-19(9-17(15)22-2)24-7-3-6-23-18/h8-9,14,16H,3-7,10-13H2,1-2H3/t14-,16+/m1/s1. The maximum atomic E-state index is 5.87. The molecule has 0 aromatic heterocycles. The van der Waals surface area contributed by atoms with Crippen LogP contribution in [0.15, 0.2) is 12.1 Å². The predicted octanol–water partition coefficient (Wildman–Crippen LogP) is 2.38. The van der Waals surface area contributed by atoms with Gasteiger partial charge in [-0.15, -0.1) is 0 Å². The van der Waals surface area contributed by atoms with E-state index in [4.69, 9.17) is 14.2 Å². The van der Waals surface area contributed by atoms with Gasteiger partial charge in [-0.25, -0.2) is 0 Å². The lowest BCUT2D eigenvalue weighted by Crippen LogP contribution is -2.43. The molecular weight excluding hydrogens is 304 g/mol. The highest BCUT2D eigenvalue weighted by Gasteiger charge is 2.34. The van der Waals surface area contributed by atoms with Crippen molar-refractivity contribution in [2.24, 2.45) is 5.92 Å². The molecule has 0 radical (unpaired) electrons. The van der Waals surface area contributed by atoms with Crippen molar-refractivity contribution in [2.75, 3.05) is 47.0 Å². The smallest absolute Gasteiger partial charge is 0.164 e. The minimum absolute atomic E-state index is 0.648. The Kier molecular flexibility index (Phi) is 4.55. The van der Waals surface area contributed by atoms with Crippen LogP contribution in [-0.2, 0) is 6.54 Å². The summed E-state index contributed by atoms with van der Waals surface area (Å²) in [5.74, 6) is 3.37. The van der Waals surface area contributed by atoms with Crippen molar-refractivity contribution >= 4 is 0 Å². The highest BCUT2D eigenvalue weighted by atomic mass is 16.5. The molecule has 2 atom stereocenters. The lowest BCUT2D eigenvalue weighted by Gasteiger charge is -2.36. The lowest BCUT2D eigenvalue weighted by molar-refractivity contribution is 0.123. The zero-order valence-electron chi connectivity index (χ0n) is 14.8. The van der Waals surface area contributed by atoms with E-state index in [1.807, 2.05) is 6.07 Å². The number of methoxy groups -OCH3 is 1. The van der Waals surface area contributed by atoms with Crippen LogP contribution >= 0.6 is 0 Å². The number of ether oxygens (including phenoxy) is 3. The Balaban J connectivity index is 1.58. The Hall–Kier alpha value is -1.46. The zero-order chi connectivity index (χ0) is 16.5. The molecule has 0 unspecified atom stereocenters. The molecule has 1 aromatic carbocycles. The minimum atomic E-state index is 0.648. The summed E-state index contributed by atoms with van der Waals surface area (Å²) in [6.07, 6.45) is 3.60. The first-order valence-electron chi connectivity index (χ1n) is 9.12. The van der Waals surface area contributed by atoms with Crippen molar-refractivity contribution in [1.29, 1.82) is 0 Å². The van der Waals surface area contributed by atoms with Gasteiger partial charge in [0, 0.05) is 50.3 Å². The molecule has 0 amide bonds. The molecule has 5 rings (SSSR count).